The number of hydrogen-bond donors (Lipinski definition) is 0. The lowest BCUT2D eigenvalue weighted by atomic mass is 10.2. The maximum atomic E-state index is 10.7. The highest BCUT2D eigenvalue weighted by atomic mass is 32.1. The van der Waals surface area contributed by atoms with E-state index in [1.54, 1.807) is 16.8 Å². The van der Waals surface area contributed by atoms with Gasteiger partial charge in [0.15, 0.2) is 6.29 Å². The van der Waals surface area contributed by atoms with Gasteiger partial charge in [-0.3, -0.25) is 4.79 Å². The SMILES string of the molecule is COC(=O)C=Cc1cscc1C=O. The van der Waals surface area contributed by atoms with Gasteiger partial charge in [0.2, 0.25) is 0 Å². The fraction of sp³-hybridized carbons (Fsp3) is 0.111. The van der Waals surface area contributed by atoms with Gasteiger partial charge in [-0.1, -0.05) is 0 Å². The summed E-state index contributed by atoms with van der Waals surface area (Å²) >= 11 is 1.42. The number of methoxy groups -OCH3 is 1. The second-order valence-corrected chi connectivity index (χ2v) is 3.00. The molecule has 0 spiro atoms. The molecule has 0 amide bonds. The van der Waals surface area contributed by atoms with Gasteiger partial charge in [-0.15, -0.1) is 0 Å². The van der Waals surface area contributed by atoms with E-state index < -0.39 is 5.97 Å². The average molecular weight is 196 g/mol. The van der Waals surface area contributed by atoms with Gasteiger partial charge in [-0.05, 0) is 17.0 Å². The topological polar surface area (TPSA) is 43.4 Å². The van der Waals surface area contributed by atoms with Crippen molar-refractivity contribution in [2.24, 2.45) is 0 Å². The molecule has 0 N–H and O–H groups in total. The van der Waals surface area contributed by atoms with Crippen LogP contribution in [0.25, 0.3) is 6.08 Å². The first-order valence-corrected chi connectivity index (χ1v) is 4.49. The summed E-state index contributed by atoms with van der Waals surface area (Å²) in [4.78, 5) is 21.2. The van der Waals surface area contributed by atoms with Gasteiger partial charge < -0.3 is 4.74 Å². The van der Waals surface area contributed by atoms with Crippen LogP contribution in [-0.4, -0.2) is 19.4 Å². The monoisotopic (exact) mass is 196 g/mol. The van der Waals surface area contributed by atoms with Crippen molar-refractivity contribution in [2.75, 3.05) is 7.11 Å². The third kappa shape index (κ3) is 2.52. The van der Waals surface area contributed by atoms with Crippen LogP contribution in [0.1, 0.15) is 15.9 Å². The summed E-state index contributed by atoms with van der Waals surface area (Å²) < 4.78 is 4.41. The Bertz CT molecular complexity index is 338. The first-order valence-electron chi connectivity index (χ1n) is 3.55. The number of carbonyl (C=O) groups excluding carboxylic acids is 2. The van der Waals surface area contributed by atoms with Crippen LogP contribution in [0.15, 0.2) is 16.8 Å². The number of ether oxygens (including phenoxy) is 1. The van der Waals surface area contributed by atoms with Crippen LogP contribution in [0.5, 0.6) is 0 Å². The summed E-state index contributed by atoms with van der Waals surface area (Å²) in [6, 6.07) is 0. The van der Waals surface area contributed by atoms with Gasteiger partial charge in [0.25, 0.3) is 0 Å². The zero-order valence-electron chi connectivity index (χ0n) is 7.02. The smallest absolute Gasteiger partial charge is 0.330 e. The Hall–Kier alpha value is -1.42. The van der Waals surface area contributed by atoms with Crippen molar-refractivity contribution < 1.29 is 14.3 Å². The van der Waals surface area contributed by atoms with Crippen LogP contribution in [0, 0.1) is 0 Å². The van der Waals surface area contributed by atoms with Crippen molar-refractivity contribution in [1.82, 2.24) is 0 Å². The summed E-state index contributed by atoms with van der Waals surface area (Å²) in [6.07, 6.45) is 3.61. The minimum Gasteiger partial charge on any atom is -0.466 e. The molecule has 13 heavy (non-hydrogen) atoms. The molecule has 0 saturated heterocycles. The van der Waals surface area contributed by atoms with Gasteiger partial charge in [0.1, 0.15) is 0 Å². The molecule has 0 aromatic carbocycles. The second kappa shape index (κ2) is 4.57. The summed E-state index contributed by atoms with van der Waals surface area (Å²) in [5, 5.41) is 3.52. The summed E-state index contributed by atoms with van der Waals surface area (Å²) in [6.45, 7) is 0. The largest absolute Gasteiger partial charge is 0.466 e. The van der Waals surface area contributed by atoms with E-state index in [0.717, 1.165) is 11.8 Å². The van der Waals surface area contributed by atoms with E-state index in [1.807, 2.05) is 0 Å². The van der Waals surface area contributed by atoms with E-state index in [-0.39, 0.29) is 0 Å². The maximum Gasteiger partial charge on any atom is 0.330 e. The van der Waals surface area contributed by atoms with Crippen LogP contribution in [0.4, 0.5) is 0 Å². The molecule has 0 radical (unpaired) electrons. The molecule has 0 bridgehead atoms. The van der Waals surface area contributed by atoms with E-state index in [0.29, 0.717) is 5.56 Å². The Labute approximate surface area is 79.6 Å². The van der Waals surface area contributed by atoms with E-state index in [1.165, 1.54) is 24.5 Å². The van der Waals surface area contributed by atoms with E-state index >= 15 is 0 Å². The van der Waals surface area contributed by atoms with Crippen molar-refractivity contribution in [3.8, 4) is 0 Å². The number of esters is 1. The highest BCUT2D eigenvalue weighted by Gasteiger charge is 1.99. The van der Waals surface area contributed by atoms with Gasteiger partial charge in [-0.2, -0.15) is 11.3 Å². The average Bonchev–Trinajstić information content (AvgIpc) is 2.61. The molecule has 1 rings (SSSR count). The van der Waals surface area contributed by atoms with Crippen LogP contribution < -0.4 is 0 Å². The number of aldehydes is 1. The first-order chi connectivity index (χ1) is 6.27. The molecule has 0 fully saturated rings. The van der Waals surface area contributed by atoms with E-state index in [9.17, 15) is 9.59 Å². The molecule has 0 aliphatic carbocycles. The van der Waals surface area contributed by atoms with Gasteiger partial charge in [0, 0.05) is 17.0 Å². The first kappa shape index (κ1) is 9.67. The van der Waals surface area contributed by atoms with Crippen LogP contribution in [0.2, 0.25) is 0 Å². The van der Waals surface area contributed by atoms with Crippen molar-refractivity contribution >= 4 is 29.7 Å². The molecule has 0 atom stereocenters. The highest BCUT2D eigenvalue weighted by molar-refractivity contribution is 7.08. The molecule has 1 aromatic rings. The molecular formula is C9H8O3S. The molecule has 0 aliphatic rings. The number of thiophene rings is 1. The van der Waals surface area contributed by atoms with Gasteiger partial charge in [0.05, 0.1) is 7.11 Å². The van der Waals surface area contributed by atoms with Gasteiger partial charge >= 0.3 is 5.97 Å². The van der Waals surface area contributed by atoms with E-state index in [2.05, 4.69) is 4.74 Å². The predicted molar refractivity (Wildman–Crippen MR) is 50.8 cm³/mol. The molecule has 0 saturated carbocycles. The van der Waals surface area contributed by atoms with Crippen molar-refractivity contribution in [2.45, 2.75) is 0 Å². The Morgan fingerprint density at radius 3 is 2.77 bits per heavy atom. The Kier molecular flexibility index (Phi) is 3.40. The fourth-order valence-corrected chi connectivity index (χ4v) is 1.54. The minimum atomic E-state index is -0.428. The van der Waals surface area contributed by atoms with Crippen molar-refractivity contribution in [3.05, 3.63) is 28.0 Å². The van der Waals surface area contributed by atoms with Gasteiger partial charge in [-0.25, -0.2) is 4.79 Å². The number of carbonyl (C=O) groups is 2. The Morgan fingerprint density at radius 1 is 1.46 bits per heavy atom. The van der Waals surface area contributed by atoms with Crippen molar-refractivity contribution in [1.29, 1.82) is 0 Å². The van der Waals surface area contributed by atoms with Crippen LogP contribution in [-0.2, 0) is 9.53 Å². The standard InChI is InChI=1S/C9H8O3S/c1-12-9(11)3-2-7-5-13-6-8(7)4-10/h2-6H,1H3. The third-order valence-corrected chi connectivity index (χ3v) is 2.23. The lowest BCUT2D eigenvalue weighted by Crippen LogP contribution is -1.93. The molecule has 0 aliphatic heterocycles. The quantitative estimate of drug-likeness (QED) is 0.420. The maximum absolute atomic E-state index is 10.7. The molecule has 3 nitrogen and oxygen atoms in total. The predicted octanol–water partition coefficient (Wildman–Crippen LogP) is 1.75. The molecule has 1 aromatic heterocycles. The number of rotatable bonds is 3. The lowest BCUT2D eigenvalue weighted by molar-refractivity contribution is -0.134. The normalized spacial score (nSPS) is 10.2. The Balaban J connectivity index is 2.78. The highest BCUT2D eigenvalue weighted by Crippen LogP contribution is 2.14. The van der Waals surface area contributed by atoms with Crippen LogP contribution in [0.3, 0.4) is 0 Å². The molecular weight excluding hydrogens is 188 g/mol. The third-order valence-electron chi connectivity index (χ3n) is 1.45. The lowest BCUT2D eigenvalue weighted by Gasteiger charge is -1.89. The van der Waals surface area contributed by atoms with E-state index in [4.69, 9.17) is 0 Å². The molecule has 4 heteroatoms. The number of hydrogen-bond acceptors (Lipinski definition) is 4. The molecule has 1 heterocycles. The van der Waals surface area contributed by atoms with Crippen molar-refractivity contribution in [3.63, 3.8) is 0 Å². The molecule has 0 unspecified atom stereocenters. The summed E-state index contributed by atoms with van der Waals surface area (Å²) in [5.74, 6) is -0.428. The zero-order valence-corrected chi connectivity index (χ0v) is 7.84. The fourth-order valence-electron chi connectivity index (χ4n) is 0.774. The second-order valence-electron chi connectivity index (χ2n) is 2.26. The van der Waals surface area contributed by atoms with Crippen LogP contribution >= 0.6 is 11.3 Å². The minimum absolute atomic E-state index is 0.428. The molecule has 68 valence electrons. The summed E-state index contributed by atoms with van der Waals surface area (Å²) in [7, 11) is 1.31. The Morgan fingerprint density at radius 2 is 2.15 bits per heavy atom. The zero-order chi connectivity index (χ0) is 9.68. The summed E-state index contributed by atoms with van der Waals surface area (Å²) in [5.41, 5.74) is 1.33.